The van der Waals surface area contributed by atoms with E-state index in [1.807, 2.05) is 31.2 Å². The third-order valence-electron chi connectivity index (χ3n) is 5.55. The van der Waals surface area contributed by atoms with E-state index in [0.29, 0.717) is 5.56 Å². The van der Waals surface area contributed by atoms with Crippen LogP contribution in [-0.2, 0) is 4.74 Å². The second kappa shape index (κ2) is 4.34. The van der Waals surface area contributed by atoms with Crippen LogP contribution in [0.25, 0.3) is 0 Å². The monoisotopic (exact) mass is 270 g/mol. The van der Waals surface area contributed by atoms with Gasteiger partial charge in [0.15, 0.2) is 0 Å². The zero-order chi connectivity index (χ0) is 13.7. The van der Waals surface area contributed by atoms with Crippen molar-refractivity contribution in [1.29, 1.82) is 0 Å². The van der Waals surface area contributed by atoms with Crippen LogP contribution in [0.1, 0.15) is 54.4 Å². The Bertz CT molecular complexity index is 511. The van der Waals surface area contributed by atoms with Gasteiger partial charge in [0.25, 0.3) is 0 Å². The number of hydrogen-bond acceptors (Lipinski definition) is 2. The minimum atomic E-state index is -0.129. The number of hydrogen-bond donors (Lipinski definition) is 0. The highest BCUT2D eigenvalue weighted by molar-refractivity contribution is 5.89. The number of esters is 1. The van der Waals surface area contributed by atoms with E-state index < -0.39 is 0 Å². The first-order valence-corrected chi connectivity index (χ1v) is 7.92. The third-order valence-corrected chi connectivity index (χ3v) is 5.55. The lowest BCUT2D eigenvalue weighted by atomic mass is 9.54. The molecule has 0 N–H and O–H groups in total. The van der Waals surface area contributed by atoms with Gasteiger partial charge in [0, 0.05) is 0 Å². The van der Waals surface area contributed by atoms with Crippen LogP contribution >= 0.6 is 0 Å². The number of carbonyl (C=O) groups excluding carboxylic acids is 1. The van der Waals surface area contributed by atoms with Crippen LogP contribution in [0.15, 0.2) is 24.3 Å². The Labute approximate surface area is 120 Å². The van der Waals surface area contributed by atoms with E-state index in [1.165, 1.54) is 19.3 Å². The summed E-state index contributed by atoms with van der Waals surface area (Å²) < 4.78 is 6.05. The van der Waals surface area contributed by atoms with E-state index in [0.717, 1.165) is 42.6 Å². The molecule has 4 saturated carbocycles. The van der Waals surface area contributed by atoms with Crippen molar-refractivity contribution in [2.45, 2.75) is 51.0 Å². The number of ether oxygens (including phenoxy) is 1. The lowest BCUT2D eigenvalue weighted by molar-refractivity contribution is -0.131. The molecule has 4 bridgehead atoms. The van der Waals surface area contributed by atoms with Crippen LogP contribution in [-0.4, -0.2) is 11.6 Å². The highest BCUT2D eigenvalue weighted by atomic mass is 16.6. The summed E-state index contributed by atoms with van der Waals surface area (Å²) in [4.78, 5) is 12.5. The molecule has 0 heterocycles. The minimum absolute atomic E-state index is 0.115. The molecular formula is C18H22O2. The second-order valence-corrected chi connectivity index (χ2v) is 7.36. The Morgan fingerprint density at radius 1 is 1.10 bits per heavy atom. The Morgan fingerprint density at radius 3 is 2.25 bits per heavy atom. The van der Waals surface area contributed by atoms with Crippen LogP contribution in [0.4, 0.5) is 0 Å². The first-order valence-electron chi connectivity index (χ1n) is 7.92. The molecule has 2 nitrogen and oxygen atoms in total. The van der Waals surface area contributed by atoms with Gasteiger partial charge < -0.3 is 4.74 Å². The summed E-state index contributed by atoms with van der Waals surface area (Å²) in [5, 5.41) is 0. The first-order chi connectivity index (χ1) is 9.62. The largest absolute Gasteiger partial charge is 0.455 e. The maximum atomic E-state index is 12.5. The van der Waals surface area contributed by atoms with Crippen molar-refractivity contribution in [2.75, 3.05) is 0 Å². The average molecular weight is 270 g/mol. The highest BCUT2D eigenvalue weighted by Gasteiger charge is 2.53. The molecule has 4 aliphatic carbocycles. The molecule has 0 aromatic heterocycles. The van der Waals surface area contributed by atoms with Gasteiger partial charge in [-0.1, -0.05) is 17.7 Å². The van der Waals surface area contributed by atoms with Crippen LogP contribution in [0.2, 0.25) is 0 Å². The summed E-state index contributed by atoms with van der Waals surface area (Å²) in [7, 11) is 0. The molecular weight excluding hydrogens is 248 g/mol. The third kappa shape index (κ3) is 2.06. The van der Waals surface area contributed by atoms with Crippen molar-refractivity contribution in [3.63, 3.8) is 0 Å². The van der Waals surface area contributed by atoms with Gasteiger partial charge in [0.2, 0.25) is 0 Å². The number of benzene rings is 1. The minimum Gasteiger partial charge on any atom is -0.455 e. The van der Waals surface area contributed by atoms with Crippen molar-refractivity contribution in [2.24, 2.45) is 17.8 Å². The SMILES string of the molecule is Cc1cccc(C(=O)OC23CC4CC(CC(C4)C2)C3)c1. The fraction of sp³-hybridized carbons (Fsp3) is 0.611. The molecule has 0 amide bonds. The van der Waals surface area contributed by atoms with Crippen molar-refractivity contribution >= 4 is 5.97 Å². The van der Waals surface area contributed by atoms with E-state index in [-0.39, 0.29) is 11.6 Å². The molecule has 4 aliphatic rings. The quantitative estimate of drug-likeness (QED) is 0.756. The van der Waals surface area contributed by atoms with Crippen LogP contribution < -0.4 is 0 Å². The standard InChI is InChI=1S/C18H22O2/c1-12-3-2-4-16(5-12)17(19)20-18-9-13-6-14(10-18)8-15(7-13)11-18/h2-5,13-15H,6-11H2,1H3. The lowest BCUT2D eigenvalue weighted by Gasteiger charge is -2.55. The molecule has 0 spiro atoms. The molecule has 0 unspecified atom stereocenters. The number of carbonyl (C=O) groups is 1. The predicted octanol–water partition coefficient (Wildman–Crippen LogP) is 4.12. The molecule has 2 heteroatoms. The summed E-state index contributed by atoms with van der Waals surface area (Å²) in [6.45, 7) is 2.02. The fourth-order valence-corrected chi connectivity index (χ4v) is 5.18. The van der Waals surface area contributed by atoms with Crippen LogP contribution in [0, 0.1) is 24.7 Å². The van der Waals surface area contributed by atoms with Crippen LogP contribution in [0.5, 0.6) is 0 Å². The van der Waals surface area contributed by atoms with Crippen LogP contribution in [0.3, 0.4) is 0 Å². The van der Waals surface area contributed by atoms with Gasteiger partial charge >= 0.3 is 5.97 Å². The van der Waals surface area contributed by atoms with Gasteiger partial charge in [-0.05, 0) is 75.3 Å². The van der Waals surface area contributed by atoms with Gasteiger partial charge in [0.05, 0.1) is 5.56 Å². The second-order valence-electron chi connectivity index (χ2n) is 7.36. The lowest BCUT2D eigenvalue weighted by Crippen LogP contribution is -2.52. The number of aryl methyl sites for hydroxylation is 1. The zero-order valence-electron chi connectivity index (χ0n) is 12.1. The molecule has 5 rings (SSSR count). The zero-order valence-corrected chi connectivity index (χ0v) is 12.1. The molecule has 4 fully saturated rings. The maximum absolute atomic E-state index is 12.5. The maximum Gasteiger partial charge on any atom is 0.338 e. The smallest absolute Gasteiger partial charge is 0.338 e. The summed E-state index contributed by atoms with van der Waals surface area (Å²) in [5.41, 5.74) is 1.70. The van der Waals surface area contributed by atoms with E-state index in [2.05, 4.69) is 0 Å². The van der Waals surface area contributed by atoms with E-state index in [4.69, 9.17) is 4.74 Å². The van der Waals surface area contributed by atoms with Crippen molar-refractivity contribution < 1.29 is 9.53 Å². The molecule has 0 atom stereocenters. The molecule has 0 radical (unpaired) electrons. The Hall–Kier alpha value is -1.31. The Morgan fingerprint density at radius 2 is 1.70 bits per heavy atom. The molecule has 1 aromatic rings. The Balaban J connectivity index is 1.55. The van der Waals surface area contributed by atoms with Crippen molar-refractivity contribution in [3.8, 4) is 0 Å². The predicted molar refractivity (Wildman–Crippen MR) is 77.5 cm³/mol. The topological polar surface area (TPSA) is 26.3 Å². The van der Waals surface area contributed by atoms with Gasteiger partial charge in [0.1, 0.15) is 5.60 Å². The van der Waals surface area contributed by atoms with Gasteiger partial charge in [-0.2, -0.15) is 0 Å². The van der Waals surface area contributed by atoms with E-state index in [1.54, 1.807) is 0 Å². The highest BCUT2D eigenvalue weighted by Crippen LogP contribution is 2.57. The van der Waals surface area contributed by atoms with E-state index >= 15 is 0 Å². The van der Waals surface area contributed by atoms with Crippen molar-refractivity contribution in [3.05, 3.63) is 35.4 Å². The fourth-order valence-electron chi connectivity index (χ4n) is 5.18. The molecule has 1 aromatic carbocycles. The average Bonchev–Trinajstić information content (AvgIpc) is 2.36. The van der Waals surface area contributed by atoms with Gasteiger partial charge in [-0.3, -0.25) is 0 Å². The number of rotatable bonds is 2. The van der Waals surface area contributed by atoms with Gasteiger partial charge in [-0.15, -0.1) is 0 Å². The molecule has 0 saturated heterocycles. The summed E-state index contributed by atoms with van der Waals surface area (Å²) in [5.74, 6) is 2.32. The summed E-state index contributed by atoms with van der Waals surface area (Å²) >= 11 is 0. The summed E-state index contributed by atoms with van der Waals surface area (Å²) in [6.07, 6.45) is 7.45. The van der Waals surface area contributed by atoms with Crippen molar-refractivity contribution in [1.82, 2.24) is 0 Å². The molecule has 20 heavy (non-hydrogen) atoms. The molecule has 106 valence electrons. The summed E-state index contributed by atoms with van der Waals surface area (Å²) in [6, 6.07) is 7.76. The first kappa shape index (κ1) is 12.4. The Kier molecular flexibility index (Phi) is 2.70. The van der Waals surface area contributed by atoms with Gasteiger partial charge in [-0.25, -0.2) is 4.79 Å². The molecule has 0 aliphatic heterocycles. The normalized spacial score (nSPS) is 38.0. The van der Waals surface area contributed by atoms with E-state index in [9.17, 15) is 4.79 Å².